The summed E-state index contributed by atoms with van der Waals surface area (Å²) in [4.78, 5) is 4.24. The number of halogens is 1. The largest absolute Gasteiger partial charge is 0.377 e. The lowest BCUT2D eigenvalue weighted by molar-refractivity contribution is -0.0287. The van der Waals surface area contributed by atoms with Gasteiger partial charge >= 0.3 is 0 Å². The number of aromatic nitrogens is 1. The molecule has 1 aromatic rings. The van der Waals surface area contributed by atoms with Crippen LogP contribution in [0.15, 0.2) is 22.9 Å². The van der Waals surface area contributed by atoms with Crippen LogP contribution < -0.4 is 5.32 Å². The lowest BCUT2D eigenvalue weighted by Gasteiger charge is -2.36. The molecule has 0 amide bonds. The number of ether oxygens (including phenoxy) is 1. The summed E-state index contributed by atoms with van der Waals surface area (Å²) in [5, 5.41) is 3.61. The number of pyridine rings is 1. The summed E-state index contributed by atoms with van der Waals surface area (Å²) in [6.45, 7) is 7.53. The molecule has 2 unspecified atom stereocenters. The van der Waals surface area contributed by atoms with Gasteiger partial charge in [-0.25, -0.2) is 0 Å². The van der Waals surface area contributed by atoms with Crippen LogP contribution in [0.25, 0.3) is 0 Å². The van der Waals surface area contributed by atoms with Crippen molar-refractivity contribution in [2.45, 2.75) is 51.7 Å². The fourth-order valence-electron chi connectivity index (χ4n) is 2.16. The number of hydrogen-bond donors (Lipinski definition) is 1. The maximum atomic E-state index is 5.75. The maximum absolute atomic E-state index is 5.75. The Balaban J connectivity index is 2.85. The van der Waals surface area contributed by atoms with E-state index >= 15 is 0 Å². The smallest absolute Gasteiger partial charge is 0.0803 e. The van der Waals surface area contributed by atoms with Crippen molar-refractivity contribution in [3.05, 3.63) is 28.5 Å². The molecule has 0 aliphatic heterocycles. The van der Waals surface area contributed by atoms with Gasteiger partial charge in [0.25, 0.3) is 0 Å². The summed E-state index contributed by atoms with van der Waals surface area (Å²) >= 11 is 3.48. The van der Waals surface area contributed by atoms with Gasteiger partial charge in [0.2, 0.25) is 0 Å². The van der Waals surface area contributed by atoms with Crippen molar-refractivity contribution < 1.29 is 4.74 Å². The zero-order valence-electron chi connectivity index (χ0n) is 12.4. The molecule has 1 aromatic heterocycles. The average molecular weight is 329 g/mol. The van der Waals surface area contributed by atoms with Crippen molar-refractivity contribution in [2.24, 2.45) is 0 Å². The van der Waals surface area contributed by atoms with Crippen LogP contribution >= 0.6 is 15.9 Å². The molecule has 0 saturated heterocycles. The Morgan fingerprint density at radius 1 is 1.42 bits per heavy atom. The van der Waals surface area contributed by atoms with E-state index in [2.05, 4.69) is 53.1 Å². The Labute approximate surface area is 125 Å². The van der Waals surface area contributed by atoms with Gasteiger partial charge in [-0.2, -0.15) is 0 Å². The molecule has 0 aromatic carbocycles. The van der Waals surface area contributed by atoms with Crippen molar-refractivity contribution in [3.63, 3.8) is 0 Å². The summed E-state index contributed by atoms with van der Waals surface area (Å²) in [5.41, 5.74) is 1.07. The predicted molar refractivity (Wildman–Crippen MR) is 83.4 cm³/mol. The number of nitrogens with one attached hydrogen (secondary N) is 1. The van der Waals surface area contributed by atoms with Crippen LogP contribution in [0.4, 0.5) is 0 Å². The van der Waals surface area contributed by atoms with Gasteiger partial charge in [-0.1, -0.05) is 13.8 Å². The van der Waals surface area contributed by atoms with Crippen LogP contribution in [-0.4, -0.2) is 30.3 Å². The highest BCUT2D eigenvalue weighted by atomic mass is 79.9. The van der Waals surface area contributed by atoms with E-state index in [1.165, 1.54) is 5.56 Å². The molecule has 1 rings (SSSR count). The highest BCUT2D eigenvalue weighted by Gasteiger charge is 2.32. The fraction of sp³-hybridized carbons (Fsp3) is 0.667. The number of methoxy groups -OCH3 is 1. The summed E-state index contributed by atoms with van der Waals surface area (Å²) in [5.74, 6) is 0. The van der Waals surface area contributed by atoms with Gasteiger partial charge in [-0.05, 0) is 60.3 Å². The number of hydrogen-bond acceptors (Lipinski definition) is 3. The van der Waals surface area contributed by atoms with Crippen LogP contribution in [0.5, 0.6) is 0 Å². The SMILES string of the molecule is CCCNC(Cc1cncc(Br)c1)C(C)(CC)OC. The zero-order valence-corrected chi connectivity index (χ0v) is 14.0. The van der Waals surface area contributed by atoms with Crippen LogP contribution in [0.3, 0.4) is 0 Å². The van der Waals surface area contributed by atoms with Crippen LogP contribution in [0.1, 0.15) is 39.2 Å². The van der Waals surface area contributed by atoms with E-state index in [1.54, 1.807) is 7.11 Å². The molecule has 0 radical (unpaired) electrons. The Morgan fingerprint density at radius 2 is 2.16 bits per heavy atom. The fourth-order valence-corrected chi connectivity index (χ4v) is 2.57. The minimum atomic E-state index is -0.155. The predicted octanol–water partition coefficient (Wildman–Crippen LogP) is 3.57. The first-order valence-corrected chi connectivity index (χ1v) is 7.73. The van der Waals surface area contributed by atoms with Gasteiger partial charge in [0.15, 0.2) is 0 Å². The highest BCUT2D eigenvalue weighted by molar-refractivity contribution is 9.10. The molecule has 0 aliphatic carbocycles. The lowest BCUT2D eigenvalue weighted by Crippen LogP contribution is -2.51. The van der Waals surface area contributed by atoms with E-state index in [-0.39, 0.29) is 5.60 Å². The van der Waals surface area contributed by atoms with Gasteiger partial charge in [0.05, 0.1) is 5.60 Å². The van der Waals surface area contributed by atoms with E-state index in [1.807, 2.05) is 12.4 Å². The van der Waals surface area contributed by atoms with Crippen molar-refractivity contribution >= 4 is 15.9 Å². The molecule has 108 valence electrons. The molecule has 0 saturated carbocycles. The van der Waals surface area contributed by atoms with Crippen molar-refractivity contribution in [1.82, 2.24) is 10.3 Å². The first-order chi connectivity index (χ1) is 9.05. The number of rotatable bonds is 8. The summed E-state index contributed by atoms with van der Waals surface area (Å²) in [6, 6.07) is 2.41. The molecule has 0 spiro atoms. The van der Waals surface area contributed by atoms with Crippen LogP contribution in [0, 0.1) is 0 Å². The quantitative estimate of drug-likeness (QED) is 0.792. The van der Waals surface area contributed by atoms with Crippen molar-refractivity contribution in [1.29, 1.82) is 0 Å². The lowest BCUT2D eigenvalue weighted by atomic mass is 9.88. The van der Waals surface area contributed by atoms with Crippen LogP contribution in [-0.2, 0) is 11.2 Å². The van der Waals surface area contributed by atoms with E-state index in [0.29, 0.717) is 6.04 Å². The molecule has 19 heavy (non-hydrogen) atoms. The first-order valence-electron chi connectivity index (χ1n) is 6.93. The van der Waals surface area contributed by atoms with Gasteiger partial charge in [-0.3, -0.25) is 4.98 Å². The molecule has 1 heterocycles. The molecular weight excluding hydrogens is 304 g/mol. The highest BCUT2D eigenvalue weighted by Crippen LogP contribution is 2.23. The average Bonchev–Trinajstić information content (AvgIpc) is 2.42. The van der Waals surface area contributed by atoms with E-state index in [4.69, 9.17) is 4.74 Å². The summed E-state index contributed by atoms with van der Waals surface area (Å²) < 4.78 is 6.78. The molecule has 0 aliphatic rings. The molecule has 1 N–H and O–H groups in total. The van der Waals surface area contributed by atoms with Crippen LogP contribution in [0.2, 0.25) is 0 Å². The van der Waals surface area contributed by atoms with Gasteiger partial charge in [0.1, 0.15) is 0 Å². The number of nitrogens with zero attached hydrogens (tertiary/aromatic N) is 1. The Bertz CT molecular complexity index is 380. The van der Waals surface area contributed by atoms with E-state index in [9.17, 15) is 0 Å². The molecule has 4 heteroatoms. The third-order valence-electron chi connectivity index (χ3n) is 3.75. The molecule has 2 atom stereocenters. The second-order valence-corrected chi connectivity index (χ2v) is 6.01. The summed E-state index contributed by atoms with van der Waals surface area (Å²) in [7, 11) is 1.79. The Hall–Kier alpha value is -0.450. The molecular formula is C15H25BrN2O. The zero-order chi connectivity index (χ0) is 14.3. The third kappa shape index (κ3) is 4.86. The van der Waals surface area contributed by atoms with Gasteiger partial charge < -0.3 is 10.1 Å². The molecule has 0 bridgehead atoms. The third-order valence-corrected chi connectivity index (χ3v) is 4.18. The minimum Gasteiger partial charge on any atom is -0.377 e. The molecule has 3 nitrogen and oxygen atoms in total. The second kappa shape index (κ2) is 7.98. The normalized spacial score (nSPS) is 16.1. The minimum absolute atomic E-state index is 0.155. The van der Waals surface area contributed by atoms with Gasteiger partial charge in [-0.15, -0.1) is 0 Å². The van der Waals surface area contributed by atoms with E-state index in [0.717, 1.165) is 30.3 Å². The van der Waals surface area contributed by atoms with Crippen molar-refractivity contribution in [2.75, 3.05) is 13.7 Å². The van der Waals surface area contributed by atoms with Gasteiger partial charge in [0, 0.05) is 30.0 Å². The Morgan fingerprint density at radius 3 is 2.68 bits per heavy atom. The second-order valence-electron chi connectivity index (χ2n) is 5.09. The van der Waals surface area contributed by atoms with E-state index < -0.39 is 0 Å². The van der Waals surface area contributed by atoms with Crippen molar-refractivity contribution in [3.8, 4) is 0 Å². The standard InChI is InChI=1S/C15H25BrN2O/c1-5-7-18-14(15(3,6-2)19-4)9-12-8-13(16)11-17-10-12/h8,10-11,14,18H,5-7,9H2,1-4H3. The monoisotopic (exact) mass is 328 g/mol. The molecule has 0 fully saturated rings. The maximum Gasteiger partial charge on any atom is 0.0803 e. The first kappa shape index (κ1) is 16.6. The topological polar surface area (TPSA) is 34.2 Å². The summed E-state index contributed by atoms with van der Waals surface area (Å²) in [6.07, 6.45) is 6.76. The Kier molecular flexibility index (Phi) is 6.97.